The van der Waals surface area contributed by atoms with E-state index in [-0.39, 0.29) is 5.54 Å². The molecule has 0 amide bonds. The van der Waals surface area contributed by atoms with Crippen molar-refractivity contribution in [2.45, 2.75) is 19.4 Å². The van der Waals surface area contributed by atoms with Crippen LogP contribution >= 0.6 is 0 Å². The normalized spacial score (nSPS) is 23.7. The molecule has 0 spiro atoms. The van der Waals surface area contributed by atoms with Gasteiger partial charge in [0.2, 0.25) is 0 Å². The summed E-state index contributed by atoms with van der Waals surface area (Å²) < 4.78 is 0. The highest BCUT2D eigenvalue weighted by Gasteiger charge is 2.15. The molecule has 1 heterocycles. The molecule has 0 aromatic heterocycles. The van der Waals surface area contributed by atoms with Crippen molar-refractivity contribution in [1.29, 1.82) is 0 Å². The highest BCUT2D eigenvalue weighted by molar-refractivity contribution is 5.69. The van der Waals surface area contributed by atoms with Crippen LogP contribution in [0.1, 0.15) is 13.8 Å². The first-order chi connectivity index (χ1) is 3.21. The lowest BCUT2D eigenvalue weighted by Crippen LogP contribution is -2.13. The van der Waals surface area contributed by atoms with Gasteiger partial charge in [-0.25, -0.2) is 0 Å². The molecule has 1 rings (SSSR count). The SMILES string of the molecule is CC1(C)C=NN=N1. The van der Waals surface area contributed by atoms with Crippen LogP contribution in [0.4, 0.5) is 0 Å². The maximum Gasteiger partial charge on any atom is 0.115 e. The molecule has 0 aliphatic carbocycles. The summed E-state index contributed by atoms with van der Waals surface area (Å²) in [5.41, 5.74) is -0.139. The molecule has 0 N–H and O–H groups in total. The van der Waals surface area contributed by atoms with Crippen molar-refractivity contribution in [3.8, 4) is 0 Å². The van der Waals surface area contributed by atoms with Crippen LogP contribution in [0.3, 0.4) is 0 Å². The second kappa shape index (κ2) is 1.12. The molecular weight excluding hydrogens is 90.1 g/mol. The molecule has 38 valence electrons. The van der Waals surface area contributed by atoms with Crippen molar-refractivity contribution >= 4 is 6.21 Å². The Kier molecular flexibility index (Phi) is 0.708. The zero-order valence-electron chi connectivity index (χ0n) is 4.42. The Morgan fingerprint density at radius 1 is 1.43 bits per heavy atom. The Bertz CT molecular complexity index is 109. The summed E-state index contributed by atoms with van der Waals surface area (Å²) in [4.78, 5) is 0. The van der Waals surface area contributed by atoms with Gasteiger partial charge in [-0.1, -0.05) is 0 Å². The predicted octanol–water partition coefficient (Wildman–Crippen LogP) is 1.22. The number of rotatable bonds is 0. The Morgan fingerprint density at radius 2 is 2.14 bits per heavy atom. The summed E-state index contributed by atoms with van der Waals surface area (Å²) in [6.45, 7) is 3.90. The van der Waals surface area contributed by atoms with Crippen LogP contribution in [-0.2, 0) is 0 Å². The van der Waals surface area contributed by atoms with E-state index in [1.807, 2.05) is 13.8 Å². The number of hydrogen-bond donors (Lipinski definition) is 0. The van der Waals surface area contributed by atoms with E-state index in [1.165, 1.54) is 0 Å². The van der Waals surface area contributed by atoms with E-state index in [0.717, 1.165) is 0 Å². The minimum absolute atomic E-state index is 0.139. The largest absolute Gasteiger partial charge is 0.157 e. The van der Waals surface area contributed by atoms with E-state index in [1.54, 1.807) is 6.21 Å². The molecule has 0 atom stereocenters. The third kappa shape index (κ3) is 0.824. The first-order valence-corrected chi connectivity index (χ1v) is 2.17. The molecule has 0 aromatic rings. The van der Waals surface area contributed by atoms with Crippen molar-refractivity contribution in [3.63, 3.8) is 0 Å². The van der Waals surface area contributed by atoms with E-state index < -0.39 is 0 Å². The van der Waals surface area contributed by atoms with Crippen LogP contribution in [-0.4, -0.2) is 11.8 Å². The maximum atomic E-state index is 3.77. The van der Waals surface area contributed by atoms with E-state index in [4.69, 9.17) is 0 Å². The second-order valence-corrected chi connectivity index (χ2v) is 2.09. The Hall–Kier alpha value is -0.730. The molecule has 0 bridgehead atoms. The van der Waals surface area contributed by atoms with Crippen molar-refractivity contribution in [2.24, 2.45) is 15.4 Å². The van der Waals surface area contributed by atoms with Gasteiger partial charge in [0.1, 0.15) is 5.54 Å². The zero-order chi connectivity index (χ0) is 5.33. The van der Waals surface area contributed by atoms with Crippen LogP contribution < -0.4 is 0 Å². The monoisotopic (exact) mass is 97.1 g/mol. The summed E-state index contributed by atoms with van der Waals surface area (Å²) in [6, 6.07) is 0. The van der Waals surface area contributed by atoms with Crippen molar-refractivity contribution in [1.82, 2.24) is 0 Å². The molecule has 3 heteroatoms. The van der Waals surface area contributed by atoms with Gasteiger partial charge in [-0.05, 0) is 19.1 Å². The smallest absolute Gasteiger partial charge is 0.115 e. The van der Waals surface area contributed by atoms with Crippen LogP contribution in [0.5, 0.6) is 0 Å². The van der Waals surface area contributed by atoms with E-state index in [9.17, 15) is 0 Å². The molecule has 0 unspecified atom stereocenters. The van der Waals surface area contributed by atoms with Gasteiger partial charge in [0, 0.05) is 0 Å². The van der Waals surface area contributed by atoms with Crippen molar-refractivity contribution in [2.75, 3.05) is 0 Å². The molecule has 1 aliphatic rings. The molecule has 7 heavy (non-hydrogen) atoms. The minimum Gasteiger partial charge on any atom is -0.157 e. The predicted molar refractivity (Wildman–Crippen MR) is 27.4 cm³/mol. The molecule has 0 radical (unpaired) electrons. The Balaban J connectivity index is 2.77. The average Bonchev–Trinajstić information content (AvgIpc) is 1.84. The minimum atomic E-state index is -0.139. The van der Waals surface area contributed by atoms with Gasteiger partial charge < -0.3 is 0 Å². The first-order valence-electron chi connectivity index (χ1n) is 2.17. The van der Waals surface area contributed by atoms with Gasteiger partial charge in [-0.3, -0.25) is 0 Å². The second-order valence-electron chi connectivity index (χ2n) is 2.09. The zero-order valence-corrected chi connectivity index (χ0v) is 4.42. The third-order valence-electron chi connectivity index (χ3n) is 0.728. The summed E-state index contributed by atoms with van der Waals surface area (Å²) in [7, 11) is 0. The molecule has 0 saturated heterocycles. The average molecular weight is 97.1 g/mol. The van der Waals surface area contributed by atoms with E-state index in [0.29, 0.717) is 0 Å². The molecule has 3 nitrogen and oxygen atoms in total. The highest BCUT2D eigenvalue weighted by atomic mass is 15.4. The summed E-state index contributed by atoms with van der Waals surface area (Å²) in [6.07, 6.45) is 1.72. The maximum absolute atomic E-state index is 3.77. The molecule has 0 fully saturated rings. The number of nitrogens with zero attached hydrogens (tertiary/aromatic N) is 3. The summed E-state index contributed by atoms with van der Waals surface area (Å²) >= 11 is 0. The topological polar surface area (TPSA) is 37.1 Å². The fourth-order valence-corrected chi connectivity index (χ4v) is 0.334. The summed E-state index contributed by atoms with van der Waals surface area (Å²) in [5.74, 6) is 0. The van der Waals surface area contributed by atoms with Crippen molar-refractivity contribution < 1.29 is 0 Å². The van der Waals surface area contributed by atoms with Crippen LogP contribution in [0.15, 0.2) is 15.4 Å². The van der Waals surface area contributed by atoms with E-state index in [2.05, 4.69) is 15.4 Å². The van der Waals surface area contributed by atoms with Gasteiger partial charge in [-0.2, -0.15) is 5.11 Å². The third-order valence-corrected chi connectivity index (χ3v) is 0.728. The van der Waals surface area contributed by atoms with Crippen LogP contribution in [0.25, 0.3) is 0 Å². The first kappa shape index (κ1) is 4.43. The number of hydrogen-bond acceptors (Lipinski definition) is 3. The van der Waals surface area contributed by atoms with Gasteiger partial charge in [-0.15, -0.1) is 5.10 Å². The van der Waals surface area contributed by atoms with Gasteiger partial charge in [0.15, 0.2) is 0 Å². The van der Waals surface area contributed by atoms with Crippen molar-refractivity contribution in [3.05, 3.63) is 0 Å². The van der Waals surface area contributed by atoms with Gasteiger partial charge in [0.05, 0.1) is 6.21 Å². The lowest BCUT2D eigenvalue weighted by molar-refractivity contribution is 0.692. The highest BCUT2D eigenvalue weighted by Crippen LogP contribution is 2.10. The molecule has 1 aliphatic heterocycles. The molecular formula is C4H7N3. The lowest BCUT2D eigenvalue weighted by Gasteiger charge is -2.01. The van der Waals surface area contributed by atoms with Crippen LogP contribution in [0.2, 0.25) is 0 Å². The Labute approximate surface area is 42.1 Å². The fraction of sp³-hybridized carbons (Fsp3) is 0.750. The quantitative estimate of drug-likeness (QED) is 0.435. The van der Waals surface area contributed by atoms with Crippen LogP contribution in [0, 0.1) is 0 Å². The summed E-state index contributed by atoms with van der Waals surface area (Å²) in [5, 5.41) is 10.8. The van der Waals surface area contributed by atoms with E-state index >= 15 is 0 Å². The standard InChI is InChI=1S/C4H7N3/c1-4(2)3-5-7-6-4/h3H,1-2H3. The van der Waals surface area contributed by atoms with Gasteiger partial charge in [0.25, 0.3) is 0 Å². The lowest BCUT2D eigenvalue weighted by atomic mass is 10.1. The van der Waals surface area contributed by atoms with Gasteiger partial charge >= 0.3 is 0 Å². The Morgan fingerprint density at radius 3 is 2.29 bits per heavy atom. The molecule has 0 aromatic carbocycles. The fourth-order valence-electron chi connectivity index (χ4n) is 0.334. The molecule has 0 saturated carbocycles.